The molecule has 1 unspecified atom stereocenters. The third-order valence-corrected chi connectivity index (χ3v) is 14.6. The summed E-state index contributed by atoms with van der Waals surface area (Å²) in [5, 5.41) is 0. The first-order valence-corrected chi connectivity index (χ1v) is 34.7. The fourth-order valence-corrected chi connectivity index (χ4v) is 9.49. The van der Waals surface area contributed by atoms with Crippen molar-refractivity contribution in [3.63, 3.8) is 0 Å². The molecule has 1 atom stereocenters. The molecule has 0 amide bonds. The van der Waals surface area contributed by atoms with Gasteiger partial charge in [-0.15, -0.1) is 0 Å². The molecular formula is C77H128O6. The predicted octanol–water partition coefficient (Wildman–Crippen LogP) is 24.1. The maximum Gasteiger partial charge on any atom is 0.306 e. The van der Waals surface area contributed by atoms with Gasteiger partial charge in [0.25, 0.3) is 0 Å². The van der Waals surface area contributed by atoms with Crippen molar-refractivity contribution in [2.75, 3.05) is 13.2 Å². The highest BCUT2D eigenvalue weighted by atomic mass is 16.6. The number of ether oxygens (including phenoxy) is 3. The summed E-state index contributed by atoms with van der Waals surface area (Å²) in [5.41, 5.74) is 0. The summed E-state index contributed by atoms with van der Waals surface area (Å²) in [4.78, 5) is 38.4. The van der Waals surface area contributed by atoms with Gasteiger partial charge in [-0.3, -0.25) is 14.4 Å². The van der Waals surface area contributed by atoms with Crippen molar-refractivity contribution in [2.45, 2.75) is 322 Å². The van der Waals surface area contributed by atoms with Crippen LogP contribution in [0.4, 0.5) is 0 Å². The molecule has 0 heterocycles. The minimum atomic E-state index is -0.812. The molecule has 0 saturated carbocycles. The van der Waals surface area contributed by atoms with E-state index >= 15 is 0 Å². The molecule has 0 aromatic carbocycles. The molecule has 0 aliphatic carbocycles. The van der Waals surface area contributed by atoms with Crippen LogP contribution in [0.3, 0.4) is 0 Å². The standard InChI is InChI=1S/C77H128O6/c1-4-7-10-13-16-19-22-25-28-31-33-34-35-36-37-38-39-40-41-42-44-46-49-52-55-58-61-64-67-70-76(79)82-73-74(72-81-75(78)69-66-63-60-57-54-51-48-45-30-27-24-21-18-15-12-9-6-3)83-77(80)71-68-65-62-59-56-53-50-47-43-32-29-26-23-20-17-14-11-8-5-2/h8-9,11-12,17-18,20-22,25-27,29-31,33,43,47-48,51,53,56,74H,4-7,10,13-16,19,23-24,28,32,34-42,44-46,49-50,52,54-55,57-73H2,1-3H3/b11-8-,12-9-,20-17-,21-18-,25-22-,29-26-,30-27-,33-31-,47-43-,51-48-,56-53-. The number of carbonyl (C=O) groups is 3. The Labute approximate surface area is 513 Å². The van der Waals surface area contributed by atoms with Gasteiger partial charge in [-0.2, -0.15) is 0 Å². The fraction of sp³-hybridized carbons (Fsp3) is 0.675. The first kappa shape index (κ1) is 78.5. The number of unbranched alkanes of at least 4 members (excludes halogenated alkanes) is 29. The number of esters is 3. The van der Waals surface area contributed by atoms with Crippen LogP contribution in [0.15, 0.2) is 134 Å². The van der Waals surface area contributed by atoms with Crippen molar-refractivity contribution in [1.82, 2.24) is 0 Å². The highest BCUT2D eigenvalue weighted by Gasteiger charge is 2.19. The van der Waals surface area contributed by atoms with Crippen molar-refractivity contribution >= 4 is 17.9 Å². The van der Waals surface area contributed by atoms with Gasteiger partial charge in [0.2, 0.25) is 0 Å². The van der Waals surface area contributed by atoms with Crippen LogP contribution in [-0.2, 0) is 28.6 Å². The van der Waals surface area contributed by atoms with E-state index in [0.717, 1.165) is 141 Å². The van der Waals surface area contributed by atoms with Gasteiger partial charge >= 0.3 is 17.9 Å². The van der Waals surface area contributed by atoms with Crippen LogP contribution in [0.5, 0.6) is 0 Å². The fourth-order valence-electron chi connectivity index (χ4n) is 9.49. The van der Waals surface area contributed by atoms with E-state index in [2.05, 4.69) is 154 Å². The Morgan fingerprint density at radius 3 is 0.747 bits per heavy atom. The SMILES string of the molecule is CC/C=C\C/C=C\C/C=C\C/C=C\C/C=C\CCCCCC(=O)OC(COC(=O)CCCCCC/C=C\C/C=C\C/C=C\C/C=C\CC)COC(=O)CCCCCCCCCCCCCCCCCCC/C=C\C/C=C\CCCCCCC. The Bertz CT molecular complexity index is 1750. The minimum Gasteiger partial charge on any atom is -0.462 e. The smallest absolute Gasteiger partial charge is 0.306 e. The second-order valence-electron chi connectivity index (χ2n) is 22.7. The molecule has 0 saturated heterocycles. The lowest BCUT2D eigenvalue weighted by atomic mass is 10.0. The third-order valence-electron chi connectivity index (χ3n) is 14.6. The van der Waals surface area contributed by atoms with Gasteiger partial charge in [0.1, 0.15) is 13.2 Å². The molecule has 0 aliphatic heterocycles. The topological polar surface area (TPSA) is 78.9 Å². The van der Waals surface area contributed by atoms with Crippen molar-refractivity contribution < 1.29 is 28.6 Å². The van der Waals surface area contributed by atoms with Crippen LogP contribution in [0.1, 0.15) is 316 Å². The van der Waals surface area contributed by atoms with E-state index in [1.165, 1.54) is 135 Å². The molecule has 0 aliphatic rings. The molecule has 0 spiro atoms. The van der Waals surface area contributed by atoms with E-state index < -0.39 is 6.10 Å². The summed E-state index contributed by atoms with van der Waals surface area (Å²) in [7, 11) is 0. The Morgan fingerprint density at radius 1 is 0.253 bits per heavy atom. The number of allylic oxidation sites excluding steroid dienone is 22. The maximum atomic E-state index is 12.9. The summed E-state index contributed by atoms with van der Waals surface area (Å²) in [6.45, 7) is 6.38. The van der Waals surface area contributed by atoms with Crippen molar-refractivity contribution in [1.29, 1.82) is 0 Å². The normalized spacial score (nSPS) is 13.0. The van der Waals surface area contributed by atoms with Crippen molar-refractivity contribution in [3.8, 4) is 0 Å². The molecule has 0 aromatic heterocycles. The zero-order valence-corrected chi connectivity index (χ0v) is 54.2. The van der Waals surface area contributed by atoms with E-state index in [1.807, 2.05) is 0 Å². The van der Waals surface area contributed by atoms with Gasteiger partial charge in [0, 0.05) is 19.3 Å². The minimum absolute atomic E-state index is 0.102. The quantitative estimate of drug-likeness (QED) is 0.0261. The Kier molecular flexibility index (Phi) is 66.3. The lowest BCUT2D eigenvalue weighted by molar-refractivity contribution is -0.167. The first-order valence-electron chi connectivity index (χ1n) is 34.7. The van der Waals surface area contributed by atoms with Gasteiger partial charge < -0.3 is 14.2 Å². The third kappa shape index (κ3) is 68.2. The van der Waals surface area contributed by atoms with E-state index in [0.29, 0.717) is 12.8 Å². The number of rotatable bonds is 62. The van der Waals surface area contributed by atoms with E-state index in [1.54, 1.807) is 0 Å². The second kappa shape index (κ2) is 70.0. The zero-order chi connectivity index (χ0) is 59.9. The van der Waals surface area contributed by atoms with Gasteiger partial charge in [-0.25, -0.2) is 0 Å². The van der Waals surface area contributed by atoms with Gasteiger partial charge in [0.05, 0.1) is 0 Å². The van der Waals surface area contributed by atoms with Crippen LogP contribution in [-0.4, -0.2) is 37.2 Å². The summed E-state index contributed by atoms with van der Waals surface area (Å²) in [6, 6.07) is 0. The Morgan fingerprint density at radius 2 is 0.470 bits per heavy atom. The predicted molar refractivity (Wildman–Crippen MR) is 362 cm³/mol. The van der Waals surface area contributed by atoms with Crippen LogP contribution < -0.4 is 0 Å². The van der Waals surface area contributed by atoms with Gasteiger partial charge in [-0.1, -0.05) is 296 Å². The lowest BCUT2D eigenvalue weighted by Gasteiger charge is -2.18. The highest BCUT2D eigenvalue weighted by molar-refractivity contribution is 5.71. The zero-order valence-electron chi connectivity index (χ0n) is 54.2. The second-order valence-corrected chi connectivity index (χ2v) is 22.7. The summed E-state index contributed by atoms with van der Waals surface area (Å²) >= 11 is 0. The van der Waals surface area contributed by atoms with E-state index in [-0.39, 0.29) is 37.5 Å². The number of carbonyl (C=O) groups excluding carboxylic acids is 3. The van der Waals surface area contributed by atoms with Gasteiger partial charge in [-0.05, 0) is 135 Å². The lowest BCUT2D eigenvalue weighted by Crippen LogP contribution is -2.30. The summed E-state index contributed by atoms with van der Waals surface area (Å²) < 4.78 is 16.9. The molecule has 83 heavy (non-hydrogen) atoms. The maximum absolute atomic E-state index is 12.9. The summed E-state index contributed by atoms with van der Waals surface area (Å²) in [6.07, 6.45) is 99.1. The molecule has 0 rings (SSSR count). The average molecular weight is 1150 g/mol. The highest BCUT2D eigenvalue weighted by Crippen LogP contribution is 2.16. The first-order chi connectivity index (χ1) is 41.0. The molecule has 6 heteroatoms. The van der Waals surface area contributed by atoms with Crippen LogP contribution >= 0.6 is 0 Å². The van der Waals surface area contributed by atoms with E-state index in [4.69, 9.17) is 14.2 Å². The molecule has 0 bridgehead atoms. The average Bonchev–Trinajstić information content (AvgIpc) is 3.49. The molecule has 0 fully saturated rings. The molecule has 0 N–H and O–H groups in total. The van der Waals surface area contributed by atoms with Crippen LogP contribution in [0.25, 0.3) is 0 Å². The largest absolute Gasteiger partial charge is 0.462 e. The Balaban J connectivity index is 4.37. The van der Waals surface area contributed by atoms with Gasteiger partial charge in [0.15, 0.2) is 6.10 Å². The van der Waals surface area contributed by atoms with E-state index in [9.17, 15) is 14.4 Å². The van der Waals surface area contributed by atoms with Crippen LogP contribution in [0.2, 0.25) is 0 Å². The molecule has 0 aromatic rings. The molecular weight excluding hydrogens is 1020 g/mol. The van der Waals surface area contributed by atoms with Crippen molar-refractivity contribution in [2.24, 2.45) is 0 Å². The number of hydrogen-bond donors (Lipinski definition) is 0. The molecule has 0 radical (unpaired) electrons. The number of hydrogen-bond acceptors (Lipinski definition) is 6. The molecule has 6 nitrogen and oxygen atoms in total. The molecule has 472 valence electrons. The van der Waals surface area contributed by atoms with Crippen LogP contribution in [0, 0.1) is 0 Å². The summed E-state index contributed by atoms with van der Waals surface area (Å²) in [5.74, 6) is -0.952. The Hall–Kier alpha value is -4.45. The monoisotopic (exact) mass is 1150 g/mol. The van der Waals surface area contributed by atoms with Crippen molar-refractivity contribution in [3.05, 3.63) is 134 Å².